The molecule has 0 bridgehead atoms. The van der Waals surface area contributed by atoms with Crippen molar-refractivity contribution in [1.29, 1.82) is 0 Å². The van der Waals surface area contributed by atoms with Crippen LogP contribution in [-0.4, -0.2) is 153 Å². The number of nitrogens with zero attached hydrogens (tertiary/aromatic N) is 2. The molecule has 3 rings (SSSR count). The molecule has 3 fully saturated rings. The van der Waals surface area contributed by atoms with Crippen LogP contribution in [0.15, 0.2) is 0 Å². The molecule has 15 heteroatoms. The third kappa shape index (κ3) is 67.1. The van der Waals surface area contributed by atoms with Crippen LogP contribution >= 0.6 is 0 Å². The van der Waals surface area contributed by atoms with E-state index in [1.54, 1.807) is 0 Å². The van der Waals surface area contributed by atoms with Crippen LogP contribution in [0.2, 0.25) is 0 Å². The van der Waals surface area contributed by atoms with Crippen LogP contribution < -0.4 is 40.6 Å². The van der Waals surface area contributed by atoms with Crippen molar-refractivity contribution in [2.45, 2.75) is 390 Å². The molecule has 7 N–H and O–H groups in total. The van der Waals surface area contributed by atoms with Crippen LogP contribution in [-0.2, 0) is 23.9 Å². The number of ether oxygens (including phenoxy) is 2. The first-order valence-corrected chi connectivity index (χ1v) is 36.0. The maximum Gasteiger partial charge on any atom is 1.00 e. The number of rotatable bonds is 47. The molecular weight excluding hydrogens is 1120 g/mol. The normalized spacial score (nSPS) is 19.0. The van der Waals surface area contributed by atoms with Crippen LogP contribution in [0.3, 0.4) is 0 Å². The Balaban J connectivity index is -0.000000323. The summed E-state index contributed by atoms with van der Waals surface area (Å²) < 4.78 is 11.8. The first-order chi connectivity index (χ1) is 40.9. The molecule has 13 nitrogen and oxygen atoms in total. The molecule has 0 aromatic rings. The second kappa shape index (κ2) is 78.1. The molecule has 0 spiro atoms. The van der Waals surface area contributed by atoms with Gasteiger partial charge in [-0.25, -0.2) is 0 Å². The summed E-state index contributed by atoms with van der Waals surface area (Å²) in [6, 6.07) is 1.61. The number of hydrogen-bond acceptors (Lipinski definition) is 13. The Morgan fingerprint density at radius 2 is 0.809 bits per heavy atom. The Labute approximate surface area is 580 Å². The summed E-state index contributed by atoms with van der Waals surface area (Å²) in [4.78, 5) is 39.7. The second-order valence-corrected chi connectivity index (χ2v) is 25.3. The van der Waals surface area contributed by atoms with E-state index in [-0.39, 0.29) is 91.9 Å². The molecule has 2 atom stereocenters. The van der Waals surface area contributed by atoms with E-state index in [4.69, 9.17) is 35.3 Å². The maximum atomic E-state index is 12.8. The van der Waals surface area contributed by atoms with Gasteiger partial charge in [0.05, 0.1) is 31.5 Å². The molecule has 3 aliphatic rings. The summed E-state index contributed by atoms with van der Waals surface area (Å²) >= 11 is 0. The minimum Gasteiger partial charge on any atom is -1.00 e. The zero-order chi connectivity index (χ0) is 62.5. The van der Waals surface area contributed by atoms with E-state index in [0.717, 1.165) is 168 Å². The molecule has 3 aliphatic carbocycles. The van der Waals surface area contributed by atoms with Gasteiger partial charge >= 0.3 is 41.5 Å². The largest absolute Gasteiger partial charge is 1.00 e. The molecular formula is C74H157BN4NaO9. The van der Waals surface area contributed by atoms with Gasteiger partial charge in [-0.3, -0.25) is 14.5 Å². The summed E-state index contributed by atoms with van der Waals surface area (Å²) in [6.07, 6.45) is 50.6. The monoisotopic (exact) mass is 1280 g/mol. The van der Waals surface area contributed by atoms with E-state index < -0.39 is 0 Å². The van der Waals surface area contributed by atoms with Gasteiger partial charge < -0.3 is 52.1 Å². The van der Waals surface area contributed by atoms with Crippen molar-refractivity contribution >= 4 is 26.6 Å². The number of nitrogens with two attached hydrogens (primary N) is 1. The summed E-state index contributed by atoms with van der Waals surface area (Å²) in [5.74, 6) is 1.02. The third-order valence-corrected chi connectivity index (χ3v) is 17.8. The third-order valence-electron chi connectivity index (χ3n) is 17.8. The molecule has 2 unspecified atom stereocenters. The quantitative estimate of drug-likeness (QED) is 0.0146. The summed E-state index contributed by atoms with van der Waals surface area (Å²) in [5.41, 5.74) is 5.59. The van der Waals surface area contributed by atoms with E-state index in [2.05, 4.69) is 56.7 Å². The number of esters is 2. The summed E-state index contributed by atoms with van der Waals surface area (Å²) in [6.45, 7) is 22.5. The van der Waals surface area contributed by atoms with Gasteiger partial charge in [0.2, 0.25) is 0 Å². The number of hydrogen-bond donors (Lipinski definition) is 6. The fourth-order valence-electron chi connectivity index (χ4n) is 12.2. The second-order valence-electron chi connectivity index (χ2n) is 25.3. The predicted molar refractivity (Wildman–Crippen MR) is 383 cm³/mol. The number of aliphatic hydroxyl groups excluding tert-OH is 4. The Bertz CT molecular complexity index is 1320. The van der Waals surface area contributed by atoms with Crippen LogP contribution in [0.5, 0.6) is 0 Å². The van der Waals surface area contributed by atoms with Crippen LogP contribution in [0.1, 0.15) is 355 Å². The number of unbranched alkanes of at least 4 members (excludes halogenated alkanes) is 20. The van der Waals surface area contributed by atoms with Crippen molar-refractivity contribution < 1.29 is 75.3 Å². The molecule has 89 heavy (non-hydrogen) atoms. The number of carbonyl (C=O) groups is 3. The zero-order valence-corrected chi connectivity index (χ0v) is 60.3. The van der Waals surface area contributed by atoms with Crippen LogP contribution in [0.25, 0.3) is 0 Å². The van der Waals surface area contributed by atoms with Gasteiger partial charge in [-0.05, 0) is 173 Å². The van der Waals surface area contributed by atoms with Crippen molar-refractivity contribution in [2.24, 2.45) is 17.6 Å². The average Bonchev–Trinajstić information content (AvgIpc) is 3.53. The minimum atomic E-state index is -0.120. The van der Waals surface area contributed by atoms with Gasteiger partial charge in [-0.1, -0.05) is 205 Å². The van der Waals surface area contributed by atoms with Crippen molar-refractivity contribution in [3.63, 3.8) is 0 Å². The molecule has 3 radical (unpaired) electrons. The van der Waals surface area contributed by atoms with Gasteiger partial charge in [-0.2, -0.15) is 0 Å². The minimum absolute atomic E-state index is 0. The van der Waals surface area contributed by atoms with E-state index >= 15 is 0 Å². The van der Waals surface area contributed by atoms with Crippen molar-refractivity contribution in [3.05, 3.63) is 0 Å². The molecule has 3 saturated carbocycles. The number of aldehydes is 1. The fraction of sp³-hybridized carbons (Fsp3) is 0.959. The first-order valence-electron chi connectivity index (χ1n) is 36.0. The first kappa shape index (κ1) is 102. The molecule has 531 valence electrons. The Morgan fingerprint density at radius 3 is 1.15 bits per heavy atom. The summed E-state index contributed by atoms with van der Waals surface area (Å²) in [5, 5.41) is 38.6. The molecule has 0 aliphatic heterocycles. The Kier molecular flexibility index (Phi) is 89.3. The Hall–Kier alpha value is -0.645. The maximum absolute atomic E-state index is 12.8. The molecule has 0 amide bonds. The van der Waals surface area contributed by atoms with Crippen molar-refractivity contribution in [3.8, 4) is 0 Å². The Morgan fingerprint density at radius 1 is 0.494 bits per heavy atom. The standard InChI is InChI=1S/C54H106N2O5.C8H17NO.C6H13NO.C2H4O.CH4O.3CH4.B.Na.H/c1-6-11-15-19-21-27-35-49(33-25-17-13-8-3)47-60-53(58)37-29-23-31-43-55(45-46-56(10-5)51-39-41-52(57)42-40-51)44-32-24-30-38-54(59)61-48-50(34-26-18-14-9-4)36-28-22-20-16-12-7-2;1-2-9-7-3-5-8(10)6-4-7;7-5-1-3-6(8)4-2-5;1-2-3;1-2;;;;;;/h49-52,57H,6-48H2,1-5H3;7-10H,2-6H2,1H3;5-6,8H,1-4,7H2;2H,1H3;2H,1H3;3*1H4;;;/q;;;;;;;;;+1;-1. The van der Waals surface area contributed by atoms with Gasteiger partial charge in [0.15, 0.2) is 0 Å². The smallest absolute Gasteiger partial charge is 1.00 e. The zero-order valence-electron chi connectivity index (χ0n) is 59.3. The van der Waals surface area contributed by atoms with Gasteiger partial charge in [0.25, 0.3) is 0 Å². The van der Waals surface area contributed by atoms with Crippen LogP contribution in [0.4, 0.5) is 0 Å². The predicted octanol–water partition coefficient (Wildman–Crippen LogP) is 14.4. The van der Waals surface area contributed by atoms with Gasteiger partial charge in [0, 0.05) is 59.6 Å². The van der Waals surface area contributed by atoms with Gasteiger partial charge in [-0.15, -0.1) is 0 Å². The number of carbonyl (C=O) groups excluding carboxylic acids is 3. The SMILES string of the molecule is C.C.C.CC=O.CCCCCCCCC(CCCCCC)COC(=O)CCCCCN(CCCCCC(=O)OCC(CCCCCC)CCCCCCCC)CCN(CC)C1CCC(O)CC1.CCNC1CCC(O)CC1.CO.NC1CCC(O)CC1.[B].[H-].[Na+]. The molecule has 0 aromatic heterocycles. The topological polar surface area (TPSA) is 195 Å². The van der Waals surface area contributed by atoms with E-state index in [9.17, 15) is 14.7 Å². The van der Waals surface area contributed by atoms with Crippen molar-refractivity contribution in [1.82, 2.24) is 15.1 Å². The average molecular weight is 1280 g/mol. The number of nitrogens with one attached hydrogen (secondary N) is 1. The van der Waals surface area contributed by atoms with E-state index in [1.165, 1.54) is 161 Å². The van der Waals surface area contributed by atoms with E-state index in [1.807, 2.05) is 0 Å². The fourth-order valence-corrected chi connectivity index (χ4v) is 12.2. The van der Waals surface area contributed by atoms with Crippen molar-refractivity contribution in [2.75, 3.05) is 59.6 Å². The number of aliphatic hydroxyl groups is 4. The number of likely N-dealkylation sites (N-methyl/N-ethyl adjacent to an activating group) is 1. The molecule has 0 saturated heterocycles. The summed E-state index contributed by atoms with van der Waals surface area (Å²) in [7, 11) is 1.00. The van der Waals surface area contributed by atoms with Crippen LogP contribution in [0, 0.1) is 11.8 Å². The van der Waals surface area contributed by atoms with Gasteiger partial charge in [0.1, 0.15) is 6.29 Å². The molecule has 0 heterocycles. The molecule has 0 aromatic carbocycles. The van der Waals surface area contributed by atoms with E-state index in [0.29, 0.717) is 56.0 Å².